The Labute approximate surface area is 160 Å². The normalized spacial score (nSPS) is 18.1. The number of halogens is 2. The Balaban J connectivity index is 1.65. The molecule has 8 heteroatoms. The Morgan fingerprint density at radius 1 is 1.14 bits per heavy atom. The maximum atomic E-state index is 13.2. The van der Waals surface area contributed by atoms with Crippen LogP contribution in [0.5, 0.6) is 5.75 Å². The standard InChI is InChI=1S/C20H20F2N2O4/c1-28-14-5-6-15-12(9-14)3-2-8-20(15,27)11-23-18(25)19(26)24-13-4-7-16(21)17(22)10-13/h4-7,9-10,27H,2-3,8,11H2,1H3,(H,23,25)(H,24,26)/t20-/m0/s1. The van der Waals surface area contributed by atoms with Crippen LogP contribution in [0.25, 0.3) is 0 Å². The molecule has 6 nitrogen and oxygen atoms in total. The first-order valence-corrected chi connectivity index (χ1v) is 8.76. The number of anilines is 1. The zero-order chi connectivity index (χ0) is 20.3. The van der Waals surface area contributed by atoms with Crippen molar-refractivity contribution in [2.45, 2.75) is 24.9 Å². The minimum atomic E-state index is -1.31. The van der Waals surface area contributed by atoms with Crippen LogP contribution >= 0.6 is 0 Å². The van der Waals surface area contributed by atoms with Gasteiger partial charge in [-0.3, -0.25) is 9.59 Å². The van der Waals surface area contributed by atoms with Crippen molar-refractivity contribution in [3.63, 3.8) is 0 Å². The second-order valence-corrected chi connectivity index (χ2v) is 6.67. The van der Waals surface area contributed by atoms with E-state index in [-0.39, 0.29) is 12.2 Å². The molecule has 0 heterocycles. The van der Waals surface area contributed by atoms with Gasteiger partial charge in [0, 0.05) is 11.8 Å². The molecule has 1 aliphatic carbocycles. The van der Waals surface area contributed by atoms with Gasteiger partial charge in [-0.15, -0.1) is 0 Å². The van der Waals surface area contributed by atoms with E-state index in [2.05, 4.69) is 10.6 Å². The van der Waals surface area contributed by atoms with Crippen molar-refractivity contribution in [1.29, 1.82) is 0 Å². The number of hydrogen-bond acceptors (Lipinski definition) is 4. The molecular formula is C20H20F2N2O4. The van der Waals surface area contributed by atoms with Crippen LogP contribution in [0.15, 0.2) is 36.4 Å². The third kappa shape index (κ3) is 4.12. The second-order valence-electron chi connectivity index (χ2n) is 6.67. The number of fused-ring (bicyclic) bond motifs is 1. The summed E-state index contributed by atoms with van der Waals surface area (Å²) in [4.78, 5) is 24.1. The Bertz CT molecular complexity index is 919. The van der Waals surface area contributed by atoms with E-state index in [0.717, 1.165) is 30.2 Å². The molecule has 28 heavy (non-hydrogen) atoms. The molecule has 0 saturated carbocycles. The molecule has 0 bridgehead atoms. The molecular weight excluding hydrogens is 370 g/mol. The van der Waals surface area contributed by atoms with E-state index in [0.29, 0.717) is 24.2 Å². The number of benzene rings is 2. The van der Waals surface area contributed by atoms with Crippen LogP contribution in [0.2, 0.25) is 0 Å². The zero-order valence-electron chi connectivity index (χ0n) is 15.2. The van der Waals surface area contributed by atoms with Gasteiger partial charge in [0.15, 0.2) is 11.6 Å². The van der Waals surface area contributed by atoms with Crippen LogP contribution in [0, 0.1) is 11.6 Å². The van der Waals surface area contributed by atoms with E-state index in [4.69, 9.17) is 4.74 Å². The monoisotopic (exact) mass is 390 g/mol. The number of aryl methyl sites for hydroxylation is 1. The van der Waals surface area contributed by atoms with Crippen molar-refractivity contribution < 1.29 is 28.2 Å². The van der Waals surface area contributed by atoms with Crippen molar-refractivity contribution >= 4 is 17.5 Å². The Hall–Kier alpha value is -3.00. The first-order valence-electron chi connectivity index (χ1n) is 8.76. The molecule has 0 radical (unpaired) electrons. The number of carbonyl (C=O) groups excluding carboxylic acids is 2. The van der Waals surface area contributed by atoms with Crippen LogP contribution in [0.4, 0.5) is 14.5 Å². The minimum Gasteiger partial charge on any atom is -0.497 e. The molecule has 2 amide bonds. The predicted molar refractivity (Wildman–Crippen MR) is 97.8 cm³/mol. The summed E-state index contributed by atoms with van der Waals surface area (Å²) >= 11 is 0. The fourth-order valence-corrected chi connectivity index (χ4v) is 3.32. The maximum Gasteiger partial charge on any atom is 0.313 e. The van der Waals surface area contributed by atoms with Crippen molar-refractivity contribution in [2.24, 2.45) is 0 Å². The van der Waals surface area contributed by atoms with Gasteiger partial charge in [0.05, 0.1) is 13.7 Å². The predicted octanol–water partition coefficient (Wildman–Crippen LogP) is 2.25. The van der Waals surface area contributed by atoms with Gasteiger partial charge in [0.1, 0.15) is 11.4 Å². The van der Waals surface area contributed by atoms with Crippen LogP contribution in [0.1, 0.15) is 24.0 Å². The molecule has 0 saturated heterocycles. The minimum absolute atomic E-state index is 0.0483. The number of aliphatic hydroxyl groups is 1. The second kappa shape index (κ2) is 7.93. The Morgan fingerprint density at radius 2 is 1.93 bits per heavy atom. The number of amides is 2. The summed E-state index contributed by atoms with van der Waals surface area (Å²) in [5.41, 5.74) is 0.250. The summed E-state index contributed by atoms with van der Waals surface area (Å²) in [5, 5.41) is 15.6. The number of carbonyl (C=O) groups is 2. The van der Waals surface area contributed by atoms with Gasteiger partial charge in [-0.2, -0.15) is 0 Å². The molecule has 0 aromatic heterocycles. The molecule has 2 aromatic carbocycles. The number of ether oxygens (including phenoxy) is 1. The van der Waals surface area contributed by atoms with Crippen LogP contribution in [-0.2, 0) is 21.6 Å². The van der Waals surface area contributed by atoms with Crippen LogP contribution < -0.4 is 15.4 Å². The maximum absolute atomic E-state index is 13.2. The number of nitrogens with one attached hydrogen (secondary N) is 2. The first kappa shape index (κ1) is 19.8. The largest absolute Gasteiger partial charge is 0.497 e. The zero-order valence-corrected chi connectivity index (χ0v) is 15.2. The Kier molecular flexibility index (Phi) is 5.60. The quantitative estimate of drug-likeness (QED) is 0.699. The molecule has 1 aliphatic rings. The fraction of sp³-hybridized carbons (Fsp3) is 0.300. The number of methoxy groups -OCH3 is 1. The van der Waals surface area contributed by atoms with Gasteiger partial charge < -0.3 is 20.5 Å². The molecule has 0 fully saturated rings. The van der Waals surface area contributed by atoms with E-state index in [1.54, 1.807) is 19.2 Å². The average Bonchev–Trinajstić information content (AvgIpc) is 2.68. The van der Waals surface area contributed by atoms with E-state index < -0.39 is 29.0 Å². The van der Waals surface area contributed by atoms with Crippen LogP contribution in [-0.4, -0.2) is 30.6 Å². The summed E-state index contributed by atoms with van der Waals surface area (Å²) in [5.74, 6) is -3.55. The smallest absolute Gasteiger partial charge is 0.313 e. The fourth-order valence-electron chi connectivity index (χ4n) is 3.32. The summed E-state index contributed by atoms with van der Waals surface area (Å²) in [6.07, 6.45) is 1.92. The highest BCUT2D eigenvalue weighted by Crippen LogP contribution is 2.36. The third-order valence-electron chi connectivity index (χ3n) is 4.78. The van der Waals surface area contributed by atoms with E-state index in [9.17, 15) is 23.5 Å². The highest BCUT2D eigenvalue weighted by molar-refractivity contribution is 6.39. The highest BCUT2D eigenvalue weighted by atomic mass is 19.2. The van der Waals surface area contributed by atoms with Crippen molar-refractivity contribution in [3.05, 3.63) is 59.2 Å². The average molecular weight is 390 g/mol. The Morgan fingerprint density at radius 3 is 2.64 bits per heavy atom. The van der Waals surface area contributed by atoms with Crippen molar-refractivity contribution in [1.82, 2.24) is 5.32 Å². The van der Waals surface area contributed by atoms with Gasteiger partial charge in [0.2, 0.25) is 0 Å². The highest BCUT2D eigenvalue weighted by Gasteiger charge is 2.35. The van der Waals surface area contributed by atoms with E-state index in [1.165, 1.54) is 0 Å². The summed E-state index contributed by atoms with van der Waals surface area (Å²) in [6, 6.07) is 8.09. The summed E-state index contributed by atoms with van der Waals surface area (Å²) < 4.78 is 31.3. The van der Waals surface area contributed by atoms with E-state index >= 15 is 0 Å². The molecule has 0 unspecified atom stereocenters. The SMILES string of the molecule is COc1ccc2c(c1)CCC[C@]2(O)CNC(=O)C(=O)Nc1ccc(F)c(F)c1. The molecule has 0 spiro atoms. The van der Waals surface area contributed by atoms with Crippen molar-refractivity contribution in [2.75, 3.05) is 19.0 Å². The van der Waals surface area contributed by atoms with Gasteiger partial charge in [0.25, 0.3) is 0 Å². The third-order valence-corrected chi connectivity index (χ3v) is 4.78. The molecule has 3 rings (SSSR count). The molecule has 1 atom stereocenters. The number of hydrogen-bond donors (Lipinski definition) is 3. The van der Waals surface area contributed by atoms with E-state index in [1.807, 2.05) is 6.07 Å². The molecule has 148 valence electrons. The van der Waals surface area contributed by atoms with Crippen LogP contribution in [0.3, 0.4) is 0 Å². The van der Waals surface area contributed by atoms with Gasteiger partial charge in [-0.25, -0.2) is 8.78 Å². The molecule has 3 N–H and O–H groups in total. The van der Waals surface area contributed by atoms with Crippen molar-refractivity contribution in [3.8, 4) is 5.75 Å². The lowest BCUT2D eigenvalue weighted by Crippen LogP contribution is -2.46. The lowest BCUT2D eigenvalue weighted by atomic mass is 9.79. The lowest BCUT2D eigenvalue weighted by molar-refractivity contribution is -0.137. The number of rotatable bonds is 4. The topological polar surface area (TPSA) is 87.7 Å². The summed E-state index contributed by atoms with van der Waals surface area (Å²) in [6.45, 7) is -0.156. The van der Waals surface area contributed by atoms with Gasteiger partial charge in [-0.1, -0.05) is 6.07 Å². The van der Waals surface area contributed by atoms with Gasteiger partial charge >= 0.3 is 11.8 Å². The van der Waals surface area contributed by atoms with Gasteiger partial charge in [-0.05, 0) is 54.7 Å². The summed E-state index contributed by atoms with van der Waals surface area (Å²) in [7, 11) is 1.56. The molecule has 0 aliphatic heterocycles. The molecule has 2 aromatic rings. The first-order chi connectivity index (χ1) is 13.3. The lowest BCUT2D eigenvalue weighted by Gasteiger charge is -2.34.